The Morgan fingerprint density at radius 3 is 0.500 bits per heavy atom. The summed E-state index contributed by atoms with van der Waals surface area (Å²) >= 11 is 11.1. The molecule has 0 bridgehead atoms. The van der Waals surface area contributed by atoms with Gasteiger partial charge in [0.1, 0.15) is 0 Å². The van der Waals surface area contributed by atoms with E-state index in [1.165, 1.54) is 54.0 Å². The van der Waals surface area contributed by atoms with Gasteiger partial charge >= 0.3 is 83.4 Å². The quantitative estimate of drug-likeness (QED) is 0.201. The summed E-state index contributed by atoms with van der Waals surface area (Å²) in [5.41, 5.74) is 0. The summed E-state index contributed by atoms with van der Waals surface area (Å²) < 4.78 is 0. The molecule has 0 radical (unpaired) electrons. The monoisotopic (exact) mass is 611 g/mol. The van der Waals surface area contributed by atoms with Crippen molar-refractivity contribution in [3.63, 3.8) is 0 Å². The van der Waals surface area contributed by atoms with Gasteiger partial charge in [-0.2, -0.15) is 23.6 Å². The van der Waals surface area contributed by atoms with Gasteiger partial charge in [0, 0.05) is 0 Å². The zero-order valence-electron chi connectivity index (χ0n) is 6.61. The zero-order chi connectivity index (χ0) is 15.0. The average Bonchev–Trinajstić information content (AvgIpc) is 2.08. The summed E-state index contributed by atoms with van der Waals surface area (Å²) in [4.78, 5) is 53.5. The van der Waals surface area contributed by atoms with Gasteiger partial charge in [-0.25, -0.2) is 0 Å². The van der Waals surface area contributed by atoms with Crippen molar-refractivity contribution in [1.82, 2.24) is 0 Å². The SMILES string of the molecule is [O-]P([O-])([O-])=S.[O-]P([O-])([O-])=S.[S]=[Mo+2].[S]=[Mo+2].[S]=[Mo+2]. The first-order valence-electron chi connectivity index (χ1n) is 1.96. The third-order valence-electron chi connectivity index (χ3n) is 0. The molecule has 0 N–H and O–H groups in total. The van der Waals surface area contributed by atoms with Crippen LogP contribution in [0.2, 0.25) is 0 Å². The fraction of sp³-hybridized carbons (Fsp3) is 0. The molecule has 0 aromatic rings. The molecule has 0 aromatic heterocycles. The van der Waals surface area contributed by atoms with E-state index in [-0.39, 0.29) is 0 Å². The fourth-order valence-corrected chi connectivity index (χ4v) is 0. The summed E-state index contributed by atoms with van der Waals surface area (Å²) in [5.74, 6) is 0. The molecular weight excluding hydrogens is 606 g/mol. The van der Waals surface area contributed by atoms with Gasteiger partial charge in [0.05, 0.1) is 0 Å². The molecule has 6 nitrogen and oxygen atoms in total. The molecule has 0 spiro atoms. The first kappa shape index (κ1) is 31.9. The first-order valence-corrected chi connectivity index (χ1v) is 15.4. The third-order valence-corrected chi connectivity index (χ3v) is 0. The van der Waals surface area contributed by atoms with Crippen LogP contribution in [0.25, 0.3) is 0 Å². The van der Waals surface area contributed by atoms with E-state index < -0.39 is 13.4 Å². The molecule has 0 atom stereocenters. The summed E-state index contributed by atoms with van der Waals surface area (Å²) in [6, 6.07) is 0. The Hall–Kier alpha value is 3.78. The Morgan fingerprint density at radius 2 is 0.500 bits per heavy atom. The molecular formula is Mo3O6P2S5. The molecule has 94 valence electrons. The maximum atomic E-state index is 8.92. The van der Waals surface area contributed by atoms with Gasteiger partial charge in [-0.3, -0.25) is 0 Å². The van der Waals surface area contributed by atoms with Crippen LogP contribution < -0.4 is 29.4 Å². The molecule has 0 aliphatic carbocycles. The van der Waals surface area contributed by atoms with Crippen LogP contribution in [0.15, 0.2) is 0 Å². The third kappa shape index (κ3) is 350. The van der Waals surface area contributed by atoms with Gasteiger partial charge in [-0.05, 0) is 0 Å². The summed E-state index contributed by atoms with van der Waals surface area (Å²) in [6.07, 6.45) is 0. The van der Waals surface area contributed by atoms with Crippen molar-refractivity contribution in [3.05, 3.63) is 0 Å². The Balaban J connectivity index is -0.0000000345. The molecule has 0 aromatic carbocycles. The molecule has 0 aliphatic heterocycles. The van der Waals surface area contributed by atoms with Gasteiger partial charge in [0.2, 0.25) is 0 Å². The van der Waals surface area contributed by atoms with Crippen molar-refractivity contribution >= 4 is 66.5 Å². The second-order valence-corrected chi connectivity index (χ2v) is 5.37. The van der Waals surface area contributed by atoms with Gasteiger partial charge in [0.25, 0.3) is 0 Å². The van der Waals surface area contributed by atoms with Crippen molar-refractivity contribution in [3.8, 4) is 0 Å². The minimum absolute atomic E-state index is 1.53. The van der Waals surface area contributed by atoms with Gasteiger partial charge < -0.3 is 42.8 Å². The number of rotatable bonds is 0. The van der Waals surface area contributed by atoms with Crippen molar-refractivity contribution in [2.75, 3.05) is 0 Å². The summed E-state index contributed by atoms with van der Waals surface area (Å²) in [7, 11) is 12.3. The molecule has 16 heavy (non-hydrogen) atoms. The van der Waals surface area contributed by atoms with Gasteiger partial charge in [0.15, 0.2) is 0 Å². The predicted molar refractivity (Wildman–Crippen MR) is 51.3 cm³/mol. The van der Waals surface area contributed by atoms with Crippen molar-refractivity contribution in [2.24, 2.45) is 0 Å². The van der Waals surface area contributed by atoms with Crippen molar-refractivity contribution in [1.29, 1.82) is 0 Å². The standard InChI is InChI=1S/3Mo.2H3O3PS.3S/c;;;2*1-4(2,3)5;;;/h;;;2*(H3,1,2,3,5);;;/q3*+2;;;;;/p-6. The average molecular weight is 606 g/mol. The molecule has 0 fully saturated rings. The Kier molecular flexibility index (Phi) is 47.6. The van der Waals surface area contributed by atoms with E-state index in [1.54, 1.807) is 0 Å². The Bertz CT molecular complexity index is 173. The number of hydrogen-bond acceptors (Lipinski definition) is 11. The van der Waals surface area contributed by atoms with E-state index in [1.807, 2.05) is 0 Å². The van der Waals surface area contributed by atoms with E-state index in [0.29, 0.717) is 0 Å². The van der Waals surface area contributed by atoms with E-state index in [4.69, 9.17) is 29.4 Å². The molecule has 0 saturated heterocycles. The van der Waals surface area contributed by atoms with Crippen LogP contribution in [0.1, 0.15) is 0 Å². The molecule has 0 heterocycles. The predicted octanol–water partition coefficient (Wildman–Crippen LogP) is -3.48. The van der Waals surface area contributed by atoms with E-state index in [9.17, 15) is 0 Å². The number of hydrogen-bond donors (Lipinski definition) is 0. The van der Waals surface area contributed by atoms with Crippen LogP contribution in [-0.4, -0.2) is 0 Å². The van der Waals surface area contributed by atoms with Crippen LogP contribution in [-0.2, 0) is 77.6 Å². The van der Waals surface area contributed by atoms with Crippen LogP contribution in [0, 0.1) is 0 Å². The van der Waals surface area contributed by atoms with Gasteiger partial charge in [-0.15, -0.1) is 0 Å². The zero-order valence-corrected chi connectivity index (χ0v) is 18.5. The van der Waals surface area contributed by atoms with E-state index in [0.717, 1.165) is 0 Å². The molecule has 0 amide bonds. The second-order valence-electron chi connectivity index (χ2n) is 0.894. The molecule has 0 unspecified atom stereocenters. The Morgan fingerprint density at radius 1 is 0.500 bits per heavy atom. The second kappa shape index (κ2) is 23.8. The van der Waals surface area contributed by atoms with Gasteiger partial charge in [-0.1, -0.05) is 0 Å². The molecule has 16 heteroatoms. The van der Waals surface area contributed by atoms with Crippen LogP contribution >= 0.6 is 42.9 Å². The molecule has 0 saturated carbocycles. The fourth-order valence-electron chi connectivity index (χ4n) is 0. The molecule has 0 aliphatic rings. The normalized spacial score (nSPS) is 7.94. The van der Waals surface area contributed by atoms with Crippen LogP contribution in [0.4, 0.5) is 0 Å². The topological polar surface area (TPSA) is 138 Å². The van der Waals surface area contributed by atoms with Crippen LogP contribution in [0.3, 0.4) is 0 Å². The van der Waals surface area contributed by atoms with E-state index in [2.05, 4.69) is 53.1 Å². The maximum absolute atomic E-state index is 8.92. The van der Waals surface area contributed by atoms with Crippen molar-refractivity contribution < 1.29 is 83.3 Å². The first-order chi connectivity index (χ1) is 7.00. The summed E-state index contributed by atoms with van der Waals surface area (Å²) in [5, 5.41) is 0. The summed E-state index contributed by atoms with van der Waals surface area (Å²) in [6.45, 7) is -9.11. The Labute approximate surface area is 147 Å². The molecule has 0 rings (SSSR count). The van der Waals surface area contributed by atoms with Crippen LogP contribution in [0.5, 0.6) is 0 Å². The van der Waals surface area contributed by atoms with E-state index >= 15 is 0 Å². The minimum atomic E-state index is -4.56. The van der Waals surface area contributed by atoms with Crippen molar-refractivity contribution in [2.45, 2.75) is 0 Å².